The van der Waals surface area contributed by atoms with Crippen LogP contribution in [-0.2, 0) is 11.2 Å². The summed E-state index contributed by atoms with van der Waals surface area (Å²) < 4.78 is 0. The van der Waals surface area contributed by atoms with Crippen LogP contribution in [-0.4, -0.2) is 23.9 Å². The van der Waals surface area contributed by atoms with Crippen molar-refractivity contribution in [1.82, 2.24) is 4.90 Å². The average molecular weight is 325 g/mol. The smallest absolute Gasteiger partial charge is 0.222 e. The van der Waals surface area contributed by atoms with Crippen LogP contribution in [0.2, 0.25) is 0 Å². The highest BCUT2D eigenvalue weighted by atomic mass is 35.5. The normalized spacial score (nSPS) is 18.1. The molecular weight excluding hydrogens is 296 g/mol. The van der Waals surface area contributed by atoms with Gasteiger partial charge in [-0.25, -0.2) is 0 Å². The lowest BCUT2D eigenvalue weighted by Gasteiger charge is -2.33. The number of halogens is 1. The summed E-state index contributed by atoms with van der Waals surface area (Å²) in [6.45, 7) is 6.40. The second-order valence-electron chi connectivity index (χ2n) is 6.68. The Morgan fingerprint density at radius 1 is 1.36 bits per heavy atom. The number of nitrogen functional groups attached to an aromatic ring is 1. The lowest BCUT2D eigenvalue weighted by Crippen LogP contribution is -2.40. The third kappa shape index (κ3) is 5.53. The molecule has 22 heavy (non-hydrogen) atoms. The quantitative estimate of drug-likeness (QED) is 0.835. The number of carbonyl (C=O) groups is 1. The van der Waals surface area contributed by atoms with Crippen LogP contribution in [0.25, 0.3) is 0 Å². The number of hydrogen-bond acceptors (Lipinski definition) is 2. The molecular formula is C18H29ClN2O. The molecule has 0 spiro atoms. The van der Waals surface area contributed by atoms with Gasteiger partial charge in [0.15, 0.2) is 0 Å². The predicted octanol–water partition coefficient (Wildman–Crippen LogP) is 3.91. The van der Waals surface area contributed by atoms with Crippen LogP contribution in [0.1, 0.15) is 45.1 Å². The van der Waals surface area contributed by atoms with Crippen molar-refractivity contribution >= 4 is 24.0 Å². The van der Waals surface area contributed by atoms with Gasteiger partial charge in [-0.2, -0.15) is 0 Å². The molecule has 0 aromatic heterocycles. The van der Waals surface area contributed by atoms with Crippen molar-refractivity contribution in [1.29, 1.82) is 0 Å². The molecule has 1 aromatic carbocycles. The maximum Gasteiger partial charge on any atom is 0.222 e. The topological polar surface area (TPSA) is 46.3 Å². The van der Waals surface area contributed by atoms with E-state index >= 15 is 0 Å². The third-order valence-corrected chi connectivity index (χ3v) is 4.34. The molecule has 4 heteroatoms. The van der Waals surface area contributed by atoms with Crippen LogP contribution >= 0.6 is 12.4 Å². The monoisotopic (exact) mass is 324 g/mol. The molecule has 1 fully saturated rings. The first kappa shape index (κ1) is 18.8. The highest BCUT2D eigenvalue weighted by molar-refractivity contribution is 5.85. The summed E-state index contributed by atoms with van der Waals surface area (Å²) in [6.07, 6.45) is 4.97. The number of anilines is 1. The van der Waals surface area contributed by atoms with Gasteiger partial charge >= 0.3 is 0 Å². The van der Waals surface area contributed by atoms with Gasteiger partial charge in [0.1, 0.15) is 0 Å². The molecule has 1 unspecified atom stereocenters. The number of para-hydroxylation sites is 1. The summed E-state index contributed by atoms with van der Waals surface area (Å²) in [4.78, 5) is 14.5. The van der Waals surface area contributed by atoms with Crippen LogP contribution in [0.15, 0.2) is 24.3 Å². The van der Waals surface area contributed by atoms with Crippen molar-refractivity contribution in [3.05, 3.63) is 29.8 Å². The van der Waals surface area contributed by atoms with E-state index in [0.29, 0.717) is 18.3 Å². The van der Waals surface area contributed by atoms with Crippen LogP contribution in [0.5, 0.6) is 0 Å². The SMILES string of the molecule is CC(C)CC1CCCN(C(=O)CCc2ccccc2N)C1.Cl. The van der Waals surface area contributed by atoms with Gasteiger partial charge in [0.2, 0.25) is 5.91 Å². The van der Waals surface area contributed by atoms with Crippen molar-refractivity contribution in [2.24, 2.45) is 11.8 Å². The molecule has 0 saturated carbocycles. The van der Waals surface area contributed by atoms with E-state index in [-0.39, 0.29) is 18.3 Å². The summed E-state index contributed by atoms with van der Waals surface area (Å²) in [5.74, 6) is 1.69. The standard InChI is InChI=1S/C18H28N2O.ClH/c1-14(2)12-15-6-5-11-20(13-15)18(21)10-9-16-7-3-4-8-17(16)19;/h3-4,7-8,14-15H,5-6,9-13,19H2,1-2H3;1H. The molecule has 0 aliphatic carbocycles. The number of benzene rings is 1. The minimum absolute atomic E-state index is 0. The van der Waals surface area contributed by atoms with Crippen molar-refractivity contribution < 1.29 is 4.79 Å². The Morgan fingerprint density at radius 2 is 2.09 bits per heavy atom. The number of nitrogens with zero attached hydrogens (tertiary/aromatic N) is 1. The van der Waals surface area contributed by atoms with Crippen LogP contribution in [0, 0.1) is 11.8 Å². The Hall–Kier alpha value is -1.22. The van der Waals surface area contributed by atoms with E-state index in [9.17, 15) is 4.79 Å². The zero-order chi connectivity index (χ0) is 15.2. The van der Waals surface area contributed by atoms with Crippen molar-refractivity contribution in [2.45, 2.75) is 46.0 Å². The molecule has 1 amide bonds. The highest BCUT2D eigenvalue weighted by Gasteiger charge is 2.23. The Labute approximate surface area is 140 Å². The Bertz CT molecular complexity index is 476. The van der Waals surface area contributed by atoms with Crippen LogP contribution in [0.4, 0.5) is 5.69 Å². The largest absolute Gasteiger partial charge is 0.399 e. The molecule has 1 heterocycles. The molecule has 1 saturated heterocycles. The lowest BCUT2D eigenvalue weighted by atomic mass is 9.89. The predicted molar refractivity (Wildman–Crippen MR) is 95.2 cm³/mol. The highest BCUT2D eigenvalue weighted by Crippen LogP contribution is 2.24. The Kier molecular flexibility index (Phi) is 7.74. The second kappa shape index (κ2) is 9.04. The fourth-order valence-electron chi connectivity index (χ4n) is 3.31. The van der Waals surface area contributed by atoms with Gasteiger partial charge in [0.05, 0.1) is 0 Å². The van der Waals surface area contributed by atoms with Crippen molar-refractivity contribution in [3.63, 3.8) is 0 Å². The number of carbonyl (C=O) groups excluding carboxylic acids is 1. The van der Waals surface area contributed by atoms with Gasteiger partial charge in [-0.3, -0.25) is 4.79 Å². The maximum absolute atomic E-state index is 12.4. The molecule has 2 N–H and O–H groups in total. The number of amides is 1. The van der Waals surface area contributed by atoms with Gasteiger partial charge in [0, 0.05) is 25.2 Å². The van der Waals surface area contributed by atoms with Gasteiger partial charge < -0.3 is 10.6 Å². The van der Waals surface area contributed by atoms with E-state index in [1.54, 1.807) is 0 Å². The summed E-state index contributed by atoms with van der Waals surface area (Å²) in [6, 6.07) is 7.83. The van der Waals surface area contributed by atoms with Gasteiger partial charge in [0.25, 0.3) is 0 Å². The second-order valence-corrected chi connectivity index (χ2v) is 6.68. The van der Waals surface area contributed by atoms with E-state index in [1.165, 1.54) is 12.8 Å². The number of piperidine rings is 1. The zero-order valence-corrected chi connectivity index (χ0v) is 14.6. The summed E-state index contributed by atoms with van der Waals surface area (Å²) >= 11 is 0. The van der Waals surface area contributed by atoms with E-state index in [4.69, 9.17) is 5.73 Å². The van der Waals surface area contributed by atoms with Crippen LogP contribution in [0.3, 0.4) is 0 Å². The van der Waals surface area contributed by atoms with Crippen molar-refractivity contribution in [3.8, 4) is 0 Å². The third-order valence-electron chi connectivity index (χ3n) is 4.34. The van der Waals surface area contributed by atoms with Crippen LogP contribution < -0.4 is 5.73 Å². The molecule has 1 aromatic rings. The maximum atomic E-state index is 12.4. The van der Waals surface area contributed by atoms with E-state index in [1.807, 2.05) is 24.3 Å². The van der Waals surface area contributed by atoms with Gasteiger partial charge in [-0.15, -0.1) is 12.4 Å². The fraction of sp³-hybridized carbons (Fsp3) is 0.611. The van der Waals surface area contributed by atoms with Crippen molar-refractivity contribution in [2.75, 3.05) is 18.8 Å². The molecule has 1 aliphatic heterocycles. The van der Waals surface area contributed by atoms with E-state index in [2.05, 4.69) is 18.7 Å². The molecule has 3 nitrogen and oxygen atoms in total. The van der Waals surface area contributed by atoms with Gasteiger partial charge in [-0.1, -0.05) is 32.0 Å². The minimum Gasteiger partial charge on any atom is -0.399 e. The number of likely N-dealkylation sites (tertiary alicyclic amines) is 1. The Morgan fingerprint density at radius 3 is 2.77 bits per heavy atom. The Balaban J connectivity index is 0.00000242. The van der Waals surface area contributed by atoms with E-state index < -0.39 is 0 Å². The molecule has 1 aliphatic rings. The first-order valence-corrected chi connectivity index (χ1v) is 8.17. The molecule has 2 rings (SSSR count). The van der Waals surface area contributed by atoms with E-state index in [0.717, 1.165) is 37.2 Å². The lowest BCUT2D eigenvalue weighted by molar-refractivity contribution is -0.133. The molecule has 0 radical (unpaired) electrons. The number of nitrogens with two attached hydrogens (primary N) is 1. The summed E-state index contributed by atoms with van der Waals surface area (Å²) in [7, 11) is 0. The molecule has 0 bridgehead atoms. The number of rotatable bonds is 5. The average Bonchev–Trinajstić information content (AvgIpc) is 2.45. The summed E-state index contributed by atoms with van der Waals surface area (Å²) in [5, 5.41) is 0. The molecule has 124 valence electrons. The first-order chi connectivity index (χ1) is 10.1. The first-order valence-electron chi connectivity index (χ1n) is 8.17. The number of hydrogen-bond donors (Lipinski definition) is 1. The summed E-state index contributed by atoms with van der Waals surface area (Å²) in [5.41, 5.74) is 7.82. The fourth-order valence-corrected chi connectivity index (χ4v) is 3.31. The minimum atomic E-state index is 0. The zero-order valence-electron chi connectivity index (χ0n) is 13.8. The number of aryl methyl sites for hydroxylation is 1. The molecule has 1 atom stereocenters. The van der Waals surface area contributed by atoms with Gasteiger partial charge in [-0.05, 0) is 49.1 Å².